The minimum atomic E-state index is -1.14. The number of imide groups is 1. The van der Waals surface area contributed by atoms with Crippen LogP contribution in [-0.4, -0.2) is 42.2 Å². The summed E-state index contributed by atoms with van der Waals surface area (Å²) in [5.74, 6) is -5.09. The van der Waals surface area contributed by atoms with Crippen molar-refractivity contribution in [3.63, 3.8) is 0 Å². The molecular formula is C25H18F2N2O5. The summed E-state index contributed by atoms with van der Waals surface area (Å²) in [4.78, 5) is 51.0. The first-order chi connectivity index (χ1) is 16.3. The molecule has 3 aromatic carbocycles. The Hall–Kier alpha value is -4.40. The highest BCUT2D eigenvalue weighted by Crippen LogP contribution is 2.26. The van der Waals surface area contributed by atoms with Gasteiger partial charge in [-0.05, 0) is 36.2 Å². The highest BCUT2D eigenvalue weighted by atomic mass is 19.1. The average molecular weight is 464 g/mol. The van der Waals surface area contributed by atoms with Gasteiger partial charge in [0.1, 0.15) is 11.6 Å². The van der Waals surface area contributed by atoms with E-state index in [1.54, 1.807) is 0 Å². The maximum absolute atomic E-state index is 14.2. The summed E-state index contributed by atoms with van der Waals surface area (Å²) >= 11 is 0. The van der Waals surface area contributed by atoms with Gasteiger partial charge in [0.2, 0.25) is 0 Å². The van der Waals surface area contributed by atoms with Crippen molar-refractivity contribution in [1.29, 1.82) is 0 Å². The Balaban J connectivity index is 1.54. The number of fused-ring (bicyclic) bond motifs is 1. The molecule has 7 nitrogen and oxygen atoms in total. The monoisotopic (exact) mass is 464 g/mol. The minimum absolute atomic E-state index is 0.0202. The van der Waals surface area contributed by atoms with Crippen LogP contribution in [0.15, 0.2) is 60.7 Å². The number of methoxy groups -OCH3 is 1. The normalized spacial score (nSPS) is 12.5. The van der Waals surface area contributed by atoms with E-state index in [2.05, 4.69) is 10.1 Å². The molecule has 0 spiro atoms. The molecule has 1 aliphatic rings. The maximum atomic E-state index is 14.2. The van der Waals surface area contributed by atoms with Crippen LogP contribution < -0.4 is 5.32 Å². The second kappa shape index (κ2) is 9.22. The standard InChI is InChI=1S/C25H18F2N2O5/c1-34-25(33)18-12-21(20(27)13-19(18)26)28-22(30)15-7-8-16-17(11-15)24(32)29(23(16)31)10-9-14-5-3-2-4-6-14/h2-8,11-13H,9-10H2,1H3,(H,28,30). The molecule has 0 atom stereocenters. The zero-order chi connectivity index (χ0) is 24.4. The Morgan fingerprint density at radius 1 is 0.912 bits per heavy atom. The summed E-state index contributed by atoms with van der Waals surface area (Å²) in [6.45, 7) is 0.176. The molecule has 1 aliphatic heterocycles. The van der Waals surface area contributed by atoms with Crippen molar-refractivity contribution in [2.45, 2.75) is 6.42 Å². The van der Waals surface area contributed by atoms with Gasteiger partial charge in [0.25, 0.3) is 17.7 Å². The number of ether oxygens (including phenoxy) is 1. The van der Waals surface area contributed by atoms with Gasteiger partial charge < -0.3 is 10.1 Å². The predicted octanol–water partition coefficient (Wildman–Crippen LogP) is 3.84. The Bertz CT molecular complexity index is 1320. The topological polar surface area (TPSA) is 92.8 Å². The first kappa shape index (κ1) is 22.8. The van der Waals surface area contributed by atoms with Crippen molar-refractivity contribution in [2.24, 2.45) is 0 Å². The molecule has 0 radical (unpaired) electrons. The molecule has 3 amide bonds. The number of esters is 1. The third-order valence-corrected chi connectivity index (χ3v) is 5.41. The molecule has 172 valence electrons. The fraction of sp³-hybridized carbons (Fsp3) is 0.120. The fourth-order valence-corrected chi connectivity index (χ4v) is 3.63. The highest BCUT2D eigenvalue weighted by Gasteiger charge is 2.35. The number of amides is 3. The Kier molecular flexibility index (Phi) is 6.18. The van der Waals surface area contributed by atoms with Crippen LogP contribution in [0.1, 0.15) is 47.0 Å². The summed E-state index contributed by atoms with van der Waals surface area (Å²) < 4.78 is 32.5. The van der Waals surface area contributed by atoms with E-state index >= 15 is 0 Å². The van der Waals surface area contributed by atoms with Gasteiger partial charge in [-0.15, -0.1) is 0 Å². The van der Waals surface area contributed by atoms with Crippen LogP contribution >= 0.6 is 0 Å². The number of rotatable bonds is 6. The number of hydrogen-bond acceptors (Lipinski definition) is 5. The van der Waals surface area contributed by atoms with Crippen LogP contribution in [0.5, 0.6) is 0 Å². The maximum Gasteiger partial charge on any atom is 0.340 e. The predicted molar refractivity (Wildman–Crippen MR) is 118 cm³/mol. The molecule has 0 saturated heterocycles. The summed E-state index contributed by atoms with van der Waals surface area (Å²) in [5.41, 5.74) is 0.165. The van der Waals surface area contributed by atoms with Crippen molar-refractivity contribution in [3.05, 3.63) is 100 Å². The van der Waals surface area contributed by atoms with E-state index in [0.29, 0.717) is 12.5 Å². The molecule has 9 heteroatoms. The SMILES string of the molecule is COC(=O)c1cc(NC(=O)c2ccc3c(c2)C(=O)N(CCc2ccccc2)C3=O)c(F)cc1F. The van der Waals surface area contributed by atoms with Gasteiger partial charge in [-0.25, -0.2) is 13.6 Å². The van der Waals surface area contributed by atoms with E-state index in [9.17, 15) is 28.0 Å². The number of nitrogens with zero attached hydrogens (tertiary/aromatic N) is 1. The van der Waals surface area contributed by atoms with E-state index in [1.165, 1.54) is 18.2 Å². The zero-order valence-electron chi connectivity index (χ0n) is 17.9. The van der Waals surface area contributed by atoms with E-state index in [4.69, 9.17) is 0 Å². The second-order valence-corrected chi connectivity index (χ2v) is 7.52. The van der Waals surface area contributed by atoms with Crippen LogP contribution in [0.3, 0.4) is 0 Å². The van der Waals surface area contributed by atoms with Gasteiger partial charge in [-0.1, -0.05) is 30.3 Å². The summed E-state index contributed by atoms with van der Waals surface area (Å²) in [6, 6.07) is 14.6. The molecule has 0 saturated carbocycles. The molecule has 1 N–H and O–H groups in total. The van der Waals surface area contributed by atoms with E-state index < -0.39 is 46.6 Å². The minimum Gasteiger partial charge on any atom is -0.465 e. The van der Waals surface area contributed by atoms with Crippen LogP contribution in [0.2, 0.25) is 0 Å². The average Bonchev–Trinajstić information content (AvgIpc) is 3.08. The molecule has 1 heterocycles. The first-order valence-corrected chi connectivity index (χ1v) is 10.2. The van der Waals surface area contributed by atoms with Crippen molar-refractivity contribution in [3.8, 4) is 0 Å². The number of carbonyl (C=O) groups is 4. The molecule has 4 rings (SSSR count). The Morgan fingerprint density at radius 3 is 2.32 bits per heavy atom. The molecule has 0 aliphatic carbocycles. The van der Waals surface area contributed by atoms with Gasteiger partial charge in [0, 0.05) is 18.2 Å². The molecule has 34 heavy (non-hydrogen) atoms. The third kappa shape index (κ3) is 4.27. The molecule has 3 aromatic rings. The summed E-state index contributed by atoms with van der Waals surface area (Å²) in [6.07, 6.45) is 0.478. The van der Waals surface area contributed by atoms with E-state index in [-0.39, 0.29) is 23.2 Å². The lowest BCUT2D eigenvalue weighted by atomic mass is 10.0. The van der Waals surface area contributed by atoms with Crippen LogP contribution in [-0.2, 0) is 11.2 Å². The quantitative estimate of drug-likeness (QED) is 0.442. The number of benzene rings is 3. The number of carbonyl (C=O) groups excluding carboxylic acids is 4. The number of hydrogen-bond donors (Lipinski definition) is 1. The van der Waals surface area contributed by atoms with Gasteiger partial charge in [-0.2, -0.15) is 0 Å². The molecule has 0 bridgehead atoms. The van der Waals surface area contributed by atoms with Crippen molar-refractivity contribution in [1.82, 2.24) is 4.90 Å². The lowest BCUT2D eigenvalue weighted by molar-refractivity contribution is 0.0593. The van der Waals surface area contributed by atoms with E-state index in [1.807, 2.05) is 30.3 Å². The van der Waals surface area contributed by atoms with E-state index in [0.717, 1.165) is 23.6 Å². The first-order valence-electron chi connectivity index (χ1n) is 10.2. The molecule has 0 unspecified atom stereocenters. The van der Waals surface area contributed by atoms with Gasteiger partial charge in [0.15, 0.2) is 0 Å². The fourth-order valence-electron chi connectivity index (χ4n) is 3.63. The Labute approximate surface area is 192 Å². The number of halogens is 2. The highest BCUT2D eigenvalue weighted by molar-refractivity contribution is 6.22. The largest absolute Gasteiger partial charge is 0.465 e. The molecular weight excluding hydrogens is 446 g/mol. The number of anilines is 1. The zero-order valence-corrected chi connectivity index (χ0v) is 17.9. The van der Waals surface area contributed by atoms with Crippen molar-refractivity contribution >= 4 is 29.4 Å². The number of nitrogens with one attached hydrogen (secondary N) is 1. The van der Waals surface area contributed by atoms with Crippen molar-refractivity contribution < 1.29 is 32.7 Å². The van der Waals surface area contributed by atoms with Gasteiger partial charge in [0.05, 0.1) is 29.5 Å². The smallest absolute Gasteiger partial charge is 0.340 e. The lowest BCUT2D eigenvalue weighted by Crippen LogP contribution is -2.31. The Morgan fingerprint density at radius 2 is 1.62 bits per heavy atom. The second-order valence-electron chi connectivity index (χ2n) is 7.52. The van der Waals surface area contributed by atoms with Crippen molar-refractivity contribution in [2.75, 3.05) is 19.0 Å². The van der Waals surface area contributed by atoms with Crippen LogP contribution in [0.4, 0.5) is 14.5 Å². The lowest BCUT2D eigenvalue weighted by Gasteiger charge is -2.13. The van der Waals surface area contributed by atoms with Crippen LogP contribution in [0.25, 0.3) is 0 Å². The molecule has 0 aromatic heterocycles. The third-order valence-electron chi connectivity index (χ3n) is 5.41. The van der Waals surface area contributed by atoms with Crippen LogP contribution in [0, 0.1) is 11.6 Å². The van der Waals surface area contributed by atoms with Gasteiger partial charge in [-0.3, -0.25) is 19.3 Å². The molecule has 0 fully saturated rings. The summed E-state index contributed by atoms with van der Waals surface area (Å²) in [5, 5.41) is 2.25. The summed E-state index contributed by atoms with van der Waals surface area (Å²) in [7, 11) is 1.04. The van der Waals surface area contributed by atoms with Gasteiger partial charge >= 0.3 is 5.97 Å².